The number of carbonyl (C=O) groups excluding carboxylic acids is 1. The average Bonchev–Trinajstić information content (AvgIpc) is 2.46. The Morgan fingerprint density at radius 2 is 1.75 bits per heavy atom. The van der Waals surface area contributed by atoms with Crippen molar-refractivity contribution in [2.24, 2.45) is 29.6 Å². The van der Waals surface area contributed by atoms with E-state index in [0.29, 0.717) is 23.5 Å². The number of aromatic nitrogens is 1. The summed E-state index contributed by atoms with van der Waals surface area (Å²) in [6.07, 6.45) is 8.52. The molecule has 4 saturated carbocycles. The first-order chi connectivity index (χ1) is 9.72. The Bertz CT molecular complexity index is 481. The van der Waals surface area contributed by atoms with Crippen molar-refractivity contribution in [3.05, 3.63) is 30.1 Å². The van der Waals surface area contributed by atoms with E-state index in [1.54, 1.807) is 6.20 Å². The summed E-state index contributed by atoms with van der Waals surface area (Å²) in [5.41, 5.74) is 0.950. The molecule has 5 rings (SSSR count). The van der Waals surface area contributed by atoms with Crippen LogP contribution in [0.2, 0.25) is 0 Å². The van der Waals surface area contributed by atoms with Crippen LogP contribution in [0.3, 0.4) is 0 Å². The van der Waals surface area contributed by atoms with Gasteiger partial charge >= 0.3 is 0 Å². The van der Waals surface area contributed by atoms with E-state index < -0.39 is 0 Å². The highest BCUT2D eigenvalue weighted by Gasteiger charge is 2.51. The molecule has 4 aliphatic carbocycles. The van der Waals surface area contributed by atoms with Gasteiger partial charge in [-0.25, -0.2) is 0 Å². The number of hydrogen-bond donors (Lipinski definition) is 0. The fraction of sp³-hybridized carbons (Fsp3) is 0.667. The van der Waals surface area contributed by atoms with Crippen molar-refractivity contribution in [2.75, 3.05) is 0 Å². The van der Waals surface area contributed by atoms with Crippen LogP contribution in [0.1, 0.15) is 50.6 Å². The van der Waals surface area contributed by atoms with Crippen molar-refractivity contribution in [3.63, 3.8) is 0 Å². The third-order valence-electron chi connectivity index (χ3n) is 6.11. The normalized spacial score (nSPS) is 39.8. The minimum Gasteiger partial charge on any atom is -0.299 e. The Hall–Kier alpha value is -1.18. The van der Waals surface area contributed by atoms with E-state index in [4.69, 9.17) is 0 Å². The zero-order chi connectivity index (χ0) is 13.7. The van der Waals surface area contributed by atoms with Crippen molar-refractivity contribution >= 4 is 5.78 Å². The van der Waals surface area contributed by atoms with Gasteiger partial charge < -0.3 is 0 Å². The second-order valence-electron chi connectivity index (χ2n) is 7.34. The largest absolute Gasteiger partial charge is 0.299 e. The second-order valence-corrected chi connectivity index (χ2v) is 7.34. The van der Waals surface area contributed by atoms with Crippen LogP contribution >= 0.6 is 0 Å². The summed E-state index contributed by atoms with van der Waals surface area (Å²) in [5, 5.41) is 0. The van der Waals surface area contributed by atoms with Crippen LogP contribution in [0.15, 0.2) is 24.4 Å². The molecule has 106 valence electrons. The lowest BCUT2D eigenvalue weighted by atomic mass is 9.50. The molecule has 1 aromatic rings. The van der Waals surface area contributed by atoms with Crippen LogP contribution in [0, 0.1) is 29.6 Å². The van der Waals surface area contributed by atoms with Gasteiger partial charge in [0.2, 0.25) is 0 Å². The maximum absolute atomic E-state index is 13.0. The Morgan fingerprint density at radius 1 is 1.10 bits per heavy atom. The van der Waals surface area contributed by atoms with Gasteiger partial charge in [0.25, 0.3) is 0 Å². The number of carbonyl (C=O) groups is 1. The van der Waals surface area contributed by atoms with Gasteiger partial charge in [-0.1, -0.05) is 6.07 Å². The average molecular weight is 269 g/mol. The summed E-state index contributed by atoms with van der Waals surface area (Å²) < 4.78 is 0. The molecule has 0 aromatic carbocycles. The Labute approximate surface area is 121 Å². The minimum atomic E-state index is -0.0290. The predicted molar refractivity (Wildman–Crippen MR) is 78.2 cm³/mol. The number of rotatable bonds is 3. The minimum absolute atomic E-state index is 0.0290. The van der Waals surface area contributed by atoms with Gasteiger partial charge in [0, 0.05) is 12.1 Å². The van der Waals surface area contributed by atoms with Crippen LogP contribution < -0.4 is 0 Å². The standard InChI is InChI=1S/C18H23NO/c1-11(16-4-2-3-5-19-16)18(20)17-14-7-12-6-13(9-14)10-15(17)8-12/h2-5,11-15,17H,6-10H2,1H3. The zero-order valence-electron chi connectivity index (χ0n) is 12.2. The van der Waals surface area contributed by atoms with Crippen molar-refractivity contribution < 1.29 is 4.79 Å². The monoisotopic (exact) mass is 269 g/mol. The second kappa shape index (κ2) is 4.68. The lowest BCUT2D eigenvalue weighted by molar-refractivity contribution is -0.137. The molecule has 4 aliphatic rings. The van der Waals surface area contributed by atoms with E-state index in [0.717, 1.165) is 17.5 Å². The first-order valence-corrected chi connectivity index (χ1v) is 8.17. The smallest absolute Gasteiger partial charge is 0.145 e. The third-order valence-corrected chi connectivity index (χ3v) is 6.11. The highest BCUT2D eigenvalue weighted by Crippen LogP contribution is 2.57. The third kappa shape index (κ3) is 1.92. The fourth-order valence-electron chi connectivity index (χ4n) is 5.46. The highest BCUT2D eigenvalue weighted by molar-refractivity contribution is 5.87. The van der Waals surface area contributed by atoms with E-state index in [1.807, 2.05) is 18.2 Å². The van der Waals surface area contributed by atoms with Crippen LogP contribution in [0.4, 0.5) is 0 Å². The lowest BCUT2D eigenvalue weighted by Crippen LogP contribution is -2.48. The molecule has 4 bridgehead atoms. The maximum atomic E-state index is 13.0. The summed E-state index contributed by atoms with van der Waals surface area (Å²) in [7, 11) is 0. The molecule has 1 unspecified atom stereocenters. The molecule has 20 heavy (non-hydrogen) atoms. The molecule has 0 radical (unpaired) electrons. The Morgan fingerprint density at radius 3 is 2.30 bits per heavy atom. The fourth-order valence-corrected chi connectivity index (χ4v) is 5.46. The molecule has 0 saturated heterocycles. The van der Waals surface area contributed by atoms with Crippen LogP contribution in [0.5, 0.6) is 0 Å². The number of hydrogen-bond acceptors (Lipinski definition) is 2. The zero-order valence-corrected chi connectivity index (χ0v) is 12.2. The molecule has 2 heteroatoms. The van der Waals surface area contributed by atoms with Crippen molar-refractivity contribution in [1.82, 2.24) is 4.98 Å². The molecular formula is C18H23NO. The van der Waals surface area contributed by atoms with Gasteiger partial charge in [0.05, 0.1) is 11.6 Å². The first-order valence-electron chi connectivity index (χ1n) is 8.17. The maximum Gasteiger partial charge on any atom is 0.145 e. The molecule has 0 spiro atoms. The molecule has 0 aliphatic heterocycles. The first kappa shape index (κ1) is 12.6. The number of nitrogens with zero attached hydrogens (tertiary/aromatic N) is 1. The van der Waals surface area contributed by atoms with E-state index >= 15 is 0 Å². The van der Waals surface area contributed by atoms with Gasteiger partial charge in [-0.15, -0.1) is 0 Å². The Kier molecular flexibility index (Phi) is 2.94. The van der Waals surface area contributed by atoms with Crippen molar-refractivity contribution in [1.29, 1.82) is 0 Å². The van der Waals surface area contributed by atoms with Crippen molar-refractivity contribution in [3.8, 4) is 0 Å². The summed E-state index contributed by atoms with van der Waals surface area (Å²) in [5.74, 6) is 4.02. The number of pyridine rings is 1. The van der Waals surface area contributed by atoms with Gasteiger partial charge in [0.15, 0.2) is 0 Å². The summed E-state index contributed by atoms with van der Waals surface area (Å²) >= 11 is 0. The quantitative estimate of drug-likeness (QED) is 0.834. The van der Waals surface area contributed by atoms with Crippen molar-refractivity contribution in [2.45, 2.75) is 44.9 Å². The summed E-state index contributed by atoms with van der Waals surface area (Å²) in [6.45, 7) is 2.05. The van der Waals surface area contributed by atoms with Crippen LogP contribution in [-0.2, 0) is 4.79 Å². The van der Waals surface area contributed by atoms with Crippen LogP contribution in [-0.4, -0.2) is 10.8 Å². The molecule has 4 fully saturated rings. The molecule has 0 amide bonds. The van der Waals surface area contributed by atoms with Gasteiger partial charge in [-0.2, -0.15) is 0 Å². The van der Waals surface area contributed by atoms with Gasteiger partial charge in [-0.05, 0) is 74.8 Å². The highest BCUT2D eigenvalue weighted by atomic mass is 16.1. The molecule has 1 atom stereocenters. The van der Waals surface area contributed by atoms with E-state index in [9.17, 15) is 4.79 Å². The van der Waals surface area contributed by atoms with Gasteiger partial charge in [-0.3, -0.25) is 9.78 Å². The topological polar surface area (TPSA) is 30.0 Å². The predicted octanol–water partition coefficient (Wildman–Crippen LogP) is 3.83. The number of Topliss-reactive ketones (excluding diaryl/α,β-unsaturated/α-hetero) is 1. The SMILES string of the molecule is CC(C(=O)C1C2CC3CC(C2)CC1C3)c1ccccn1. The Balaban J connectivity index is 1.57. The summed E-state index contributed by atoms with van der Waals surface area (Å²) in [6, 6.07) is 5.91. The molecule has 1 aromatic heterocycles. The molecule has 2 nitrogen and oxygen atoms in total. The lowest BCUT2D eigenvalue weighted by Gasteiger charge is -2.54. The van der Waals surface area contributed by atoms with E-state index in [1.165, 1.54) is 32.1 Å². The van der Waals surface area contributed by atoms with Gasteiger partial charge in [0.1, 0.15) is 5.78 Å². The number of ketones is 1. The summed E-state index contributed by atoms with van der Waals surface area (Å²) in [4.78, 5) is 17.4. The van der Waals surface area contributed by atoms with Crippen LogP contribution in [0.25, 0.3) is 0 Å². The molecule has 1 heterocycles. The van der Waals surface area contributed by atoms with E-state index in [-0.39, 0.29) is 5.92 Å². The van der Waals surface area contributed by atoms with E-state index in [2.05, 4.69) is 11.9 Å². The molecule has 0 N–H and O–H groups in total. The molecular weight excluding hydrogens is 246 g/mol.